The first kappa shape index (κ1) is 16.1. The molecular weight excluding hydrogens is 314 g/mol. The smallest absolute Gasteiger partial charge is 0.198 e. The summed E-state index contributed by atoms with van der Waals surface area (Å²) in [4.78, 5) is 0. The van der Waals surface area contributed by atoms with E-state index in [9.17, 15) is 0 Å². The maximum absolute atomic E-state index is 8.86. The Kier molecular flexibility index (Phi) is 3.50. The van der Waals surface area contributed by atoms with Crippen LogP contribution in [0, 0.1) is 13.8 Å². The lowest BCUT2D eigenvalue weighted by atomic mass is 9.68. The van der Waals surface area contributed by atoms with Gasteiger partial charge in [-0.3, -0.25) is 0 Å². The Bertz CT molecular complexity index is 1090. The summed E-state index contributed by atoms with van der Waals surface area (Å²) in [5.74, 6) is 0.498. The summed E-state index contributed by atoms with van der Waals surface area (Å²) in [5, 5.41) is 2.38. The Morgan fingerprint density at radius 1 is 1.15 bits per heavy atom. The largest absolute Gasteiger partial charge is 0.221 e. The topological polar surface area (TPSA) is 3.88 Å². The highest BCUT2D eigenvalue weighted by atomic mass is 14.9. The van der Waals surface area contributed by atoms with E-state index in [1.54, 1.807) is 0 Å². The van der Waals surface area contributed by atoms with E-state index in [0.717, 1.165) is 17.5 Å². The van der Waals surface area contributed by atoms with Crippen LogP contribution in [0.4, 0.5) is 0 Å². The predicted octanol–water partition coefficient (Wildman–Crippen LogP) is 6.10. The van der Waals surface area contributed by atoms with Gasteiger partial charge in [-0.1, -0.05) is 58.0 Å². The number of aryl methyl sites for hydroxylation is 1. The van der Waals surface area contributed by atoms with Crippen molar-refractivity contribution in [2.24, 2.45) is 7.05 Å². The summed E-state index contributed by atoms with van der Waals surface area (Å²) in [6.45, 7) is 13.5. The molecule has 0 N–H and O–H groups in total. The lowest BCUT2D eigenvalue weighted by Crippen LogP contribution is -2.38. The number of rotatable bonds is 2. The van der Waals surface area contributed by atoms with Crippen LogP contribution in [0.1, 0.15) is 69.4 Å². The molecule has 1 heterocycles. The number of aromatic nitrogens is 1. The van der Waals surface area contributed by atoms with Crippen LogP contribution in [-0.4, -0.2) is 0 Å². The van der Waals surface area contributed by atoms with Crippen LogP contribution < -0.4 is 4.57 Å². The molecule has 1 aromatic heterocycles. The minimum Gasteiger partial charge on any atom is -0.198 e. The maximum Gasteiger partial charge on any atom is 0.221 e. The van der Waals surface area contributed by atoms with Crippen LogP contribution in [0.15, 0.2) is 36.4 Å². The fourth-order valence-corrected chi connectivity index (χ4v) is 4.59. The van der Waals surface area contributed by atoms with Gasteiger partial charge in [0.15, 0.2) is 5.69 Å². The third kappa shape index (κ3) is 2.19. The molecule has 1 aliphatic carbocycles. The van der Waals surface area contributed by atoms with Gasteiger partial charge < -0.3 is 0 Å². The van der Waals surface area contributed by atoms with Crippen molar-refractivity contribution in [3.8, 4) is 11.3 Å². The molecule has 4 rings (SSSR count). The lowest BCUT2D eigenvalue weighted by Gasteiger charge is -2.35. The maximum atomic E-state index is 8.86. The van der Waals surface area contributed by atoms with Crippen molar-refractivity contribution >= 4 is 10.8 Å². The molecule has 0 bridgehead atoms. The zero-order valence-corrected chi connectivity index (χ0v) is 17.1. The van der Waals surface area contributed by atoms with Crippen LogP contribution >= 0.6 is 0 Å². The average Bonchev–Trinajstić information content (AvgIpc) is 2.65. The summed E-state index contributed by atoms with van der Waals surface area (Å²) >= 11 is 0. The molecule has 0 amide bonds. The van der Waals surface area contributed by atoms with E-state index in [1.165, 1.54) is 38.9 Å². The van der Waals surface area contributed by atoms with Gasteiger partial charge in [-0.2, -0.15) is 4.57 Å². The van der Waals surface area contributed by atoms with Crippen LogP contribution in [-0.2, 0) is 12.5 Å². The Balaban J connectivity index is 2.29. The van der Waals surface area contributed by atoms with Crippen LogP contribution in [0.5, 0.6) is 0 Å². The fraction of sp³-hybridized carbons (Fsp3) is 0.400. The van der Waals surface area contributed by atoms with Crippen molar-refractivity contribution < 1.29 is 5.94 Å². The van der Waals surface area contributed by atoms with Gasteiger partial charge in [0.1, 0.15) is 7.05 Å². The van der Waals surface area contributed by atoms with E-state index in [4.69, 9.17) is 1.37 Å². The standard InChI is InChI=1S/C25H30N/c1-8-15(2)18-13-19-12-17(4)26(7)24-22-16(3)10-9-11-20(22)25(5,6)21(14-18)23(19)24/h9-15H,8H2,1-7H3/q+1/i12D. The highest BCUT2D eigenvalue weighted by Crippen LogP contribution is 2.49. The second-order valence-electron chi connectivity index (χ2n) is 8.54. The minimum absolute atomic E-state index is 0.0786. The average molecular weight is 346 g/mol. The van der Waals surface area contributed by atoms with Crippen molar-refractivity contribution in [2.75, 3.05) is 0 Å². The second kappa shape index (κ2) is 5.67. The van der Waals surface area contributed by atoms with E-state index in [2.05, 4.69) is 83.5 Å². The first-order chi connectivity index (χ1) is 12.7. The molecule has 0 saturated carbocycles. The lowest BCUT2D eigenvalue weighted by molar-refractivity contribution is -0.665. The molecule has 1 aliphatic rings. The third-order valence-electron chi connectivity index (χ3n) is 6.59. The van der Waals surface area contributed by atoms with Gasteiger partial charge in [0.05, 0.1) is 12.3 Å². The number of pyridine rings is 1. The van der Waals surface area contributed by atoms with Crippen molar-refractivity contribution in [2.45, 2.75) is 59.3 Å². The summed E-state index contributed by atoms with van der Waals surface area (Å²) in [5.41, 5.74) is 9.00. The predicted molar refractivity (Wildman–Crippen MR) is 111 cm³/mol. The molecule has 0 fully saturated rings. The van der Waals surface area contributed by atoms with Crippen molar-refractivity contribution in [1.82, 2.24) is 0 Å². The minimum atomic E-state index is -0.0786. The first-order valence-electron chi connectivity index (χ1n) is 10.3. The number of benzene rings is 2. The Hall–Kier alpha value is -2.15. The molecule has 2 aromatic carbocycles. The zero-order chi connectivity index (χ0) is 19.7. The Labute approximate surface area is 159 Å². The molecule has 1 atom stereocenters. The second-order valence-corrected chi connectivity index (χ2v) is 8.54. The van der Waals surface area contributed by atoms with Gasteiger partial charge in [0, 0.05) is 18.4 Å². The van der Waals surface area contributed by atoms with Crippen molar-refractivity contribution in [1.29, 1.82) is 0 Å². The van der Waals surface area contributed by atoms with Crippen molar-refractivity contribution in [3.63, 3.8) is 0 Å². The molecule has 1 heteroatoms. The SMILES string of the molecule is [2H]c1c(C)[n+](C)c2c3c(cc(C(C)CC)cc13)C(C)(C)c1cccc(C)c1-2. The van der Waals surface area contributed by atoms with E-state index in [-0.39, 0.29) is 5.41 Å². The van der Waals surface area contributed by atoms with E-state index in [0.29, 0.717) is 12.0 Å². The van der Waals surface area contributed by atoms with Gasteiger partial charge in [0.25, 0.3) is 0 Å². The van der Waals surface area contributed by atoms with Gasteiger partial charge >= 0.3 is 0 Å². The van der Waals surface area contributed by atoms with Crippen molar-refractivity contribution in [3.05, 3.63) is 64.3 Å². The third-order valence-corrected chi connectivity index (χ3v) is 6.59. The van der Waals surface area contributed by atoms with Gasteiger partial charge in [-0.15, -0.1) is 0 Å². The Morgan fingerprint density at radius 2 is 1.88 bits per heavy atom. The molecule has 26 heavy (non-hydrogen) atoms. The van der Waals surface area contributed by atoms with Gasteiger partial charge in [-0.25, -0.2) is 0 Å². The van der Waals surface area contributed by atoms with Gasteiger partial charge in [0.2, 0.25) is 5.69 Å². The first-order valence-corrected chi connectivity index (χ1v) is 9.77. The molecule has 1 nitrogen and oxygen atoms in total. The van der Waals surface area contributed by atoms with E-state index >= 15 is 0 Å². The van der Waals surface area contributed by atoms with Crippen LogP contribution in [0.2, 0.25) is 0 Å². The monoisotopic (exact) mass is 345 g/mol. The molecule has 0 radical (unpaired) electrons. The Morgan fingerprint density at radius 3 is 2.58 bits per heavy atom. The highest BCUT2D eigenvalue weighted by Gasteiger charge is 2.39. The van der Waals surface area contributed by atoms with Crippen LogP contribution in [0.3, 0.4) is 0 Å². The van der Waals surface area contributed by atoms with E-state index in [1.807, 2.05) is 0 Å². The summed E-state index contributed by atoms with van der Waals surface area (Å²) in [7, 11) is 2.11. The number of hydrogen-bond donors (Lipinski definition) is 0. The molecule has 0 aliphatic heterocycles. The van der Waals surface area contributed by atoms with Crippen LogP contribution in [0.25, 0.3) is 22.0 Å². The summed E-state index contributed by atoms with van der Waals surface area (Å²) in [6.07, 6.45) is 1.11. The fourth-order valence-electron chi connectivity index (χ4n) is 4.59. The normalized spacial score (nSPS) is 16.3. The zero-order valence-electron chi connectivity index (χ0n) is 18.1. The molecule has 134 valence electrons. The number of nitrogens with zero attached hydrogens (tertiary/aromatic N) is 1. The molecule has 1 unspecified atom stereocenters. The quantitative estimate of drug-likeness (QED) is 0.494. The summed E-state index contributed by atoms with van der Waals surface area (Å²) in [6, 6.07) is 12.0. The molecule has 0 saturated heterocycles. The number of hydrogen-bond acceptors (Lipinski definition) is 0. The molecule has 0 spiro atoms. The molecular formula is C25H30N+. The van der Waals surface area contributed by atoms with Gasteiger partial charge in [-0.05, 0) is 46.9 Å². The highest BCUT2D eigenvalue weighted by molar-refractivity contribution is 6.01. The number of fused-ring (bicyclic) bond motifs is 2. The molecule has 3 aromatic rings. The summed E-state index contributed by atoms with van der Waals surface area (Å²) < 4.78 is 11.1. The van der Waals surface area contributed by atoms with E-state index < -0.39 is 0 Å².